The van der Waals surface area contributed by atoms with Crippen LogP contribution in [0.3, 0.4) is 0 Å². The number of fused-ring (bicyclic) bond motifs is 1. The molecule has 0 radical (unpaired) electrons. The van der Waals surface area contributed by atoms with E-state index >= 15 is 0 Å². The summed E-state index contributed by atoms with van der Waals surface area (Å²) in [5.74, 6) is -1.01. The molecule has 0 unspecified atom stereocenters. The van der Waals surface area contributed by atoms with E-state index in [1.807, 2.05) is 19.1 Å². The molecule has 1 aliphatic carbocycles. The maximum Gasteiger partial charge on any atom is 0.316 e. The molecule has 4 heterocycles. The van der Waals surface area contributed by atoms with Crippen molar-refractivity contribution in [2.75, 3.05) is 30.4 Å². The maximum atomic E-state index is 13.3. The zero-order valence-electron chi connectivity index (χ0n) is 19.8. The Morgan fingerprint density at radius 2 is 2.08 bits per heavy atom. The number of halogens is 1. The van der Waals surface area contributed by atoms with Gasteiger partial charge in [-0.15, -0.1) is 0 Å². The zero-order valence-corrected chi connectivity index (χ0v) is 19.8. The molecule has 0 spiro atoms. The summed E-state index contributed by atoms with van der Waals surface area (Å²) in [6, 6.07) is 8.89. The van der Waals surface area contributed by atoms with Gasteiger partial charge in [-0.1, -0.05) is 17.3 Å². The number of aliphatic carboxylic acids is 1. The van der Waals surface area contributed by atoms with Gasteiger partial charge in [-0.05, 0) is 37.1 Å². The number of carboxylic acids is 1. The average Bonchev–Trinajstić information content (AvgIpc) is 3.22. The predicted octanol–water partition coefficient (Wildman–Crippen LogP) is 3.28. The number of nitrogens with zero attached hydrogens (tertiary/aromatic N) is 4. The van der Waals surface area contributed by atoms with E-state index in [0.29, 0.717) is 40.3 Å². The lowest BCUT2D eigenvalue weighted by Crippen LogP contribution is -2.53. The van der Waals surface area contributed by atoms with E-state index < -0.39 is 17.6 Å². The van der Waals surface area contributed by atoms with E-state index in [2.05, 4.69) is 25.9 Å². The molecule has 1 saturated heterocycles. The molecule has 37 heavy (non-hydrogen) atoms. The number of hydrogen-bond acceptors (Lipinski definition) is 8. The first-order chi connectivity index (χ1) is 17.8. The van der Waals surface area contributed by atoms with Gasteiger partial charge in [-0.3, -0.25) is 9.59 Å². The second-order valence-corrected chi connectivity index (χ2v) is 9.53. The smallest absolute Gasteiger partial charge is 0.316 e. The van der Waals surface area contributed by atoms with Crippen LogP contribution in [0, 0.1) is 12.3 Å². The van der Waals surface area contributed by atoms with Crippen LogP contribution in [0.25, 0.3) is 16.9 Å². The molecule has 6 rings (SSSR count). The number of carbonyl (C=O) groups excluding carboxylic acids is 1. The Bertz CT molecular complexity index is 1530. The Morgan fingerprint density at radius 1 is 1.27 bits per heavy atom. The molecule has 2 atom stereocenters. The number of pyridine rings is 1. The van der Waals surface area contributed by atoms with Gasteiger partial charge in [0.05, 0.1) is 36.4 Å². The van der Waals surface area contributed by atoms with Gasteiger partial charge >= 0.3 is 5.97 Å². The summed E-state index contributed by atoms with van der Waals surface area (Å²) in [5.41, 5.74) is 2.62. The number of nitrogens with one attached hydrogen (secondary N) is 2. The third-order valence-electron chi connectivity index (χ3n) is 6.82. The normalized spacial score (nSPS) is 19.8. The van der Waals surface area contributed by atoms with E-state index in [9.17, 15) is 19.1 Å². The minimum Gasteiger partial charge on any atom is -0.481 e. The van der Waals surface area contributed by atoms with Gasteiger partial charge in [-0.2, -0.15) is 10.1 Å². The van der Waals surface area contributed by atoms with E-state index in [4.69, 9.17) is 9.26 Å². The van der Waals surface area contributed by atoms with Crippen LogP contribution in [0.5, 0.6) is 0 Å². The predicted molar refractivity (Wildman–Crippen MR) is 129 cm³/mol. The number of amides is 1. The largest absolute Gasteiger partial charge is 0.481 e. The highest BCUT2D eigenvalue weighted by Crippen LogP contribution is 2.43. The summed E-state index contributed by atoms with van der Waals surface area (Å²) in [7, 11) is 0. The monoisotopic (exact) mass is 506 g/mol. The van der Waals surface area contributed by atoms with Gasteiger partial charge in [0.1, 0.15) is 11.6 Å². The number of ether oxygens (including phenoxy) is 1. The van der Waals surface area contributed by atoms with Crippen LogP contribution in [0.1, 0.15) is 34.2 Å². The Balaban J connectivity index is 1.21. The molecule has 12 heteroatoms. The number of alkyl halides is 1. The molecular formula is C25H23FN6O5. The highest BCUT2D eigenvalue weighted by atomic mass is 19.1. The summed E-state index contributed by atoms with van der Waals surface area (Å²) >= 11 is 0. The minimum atomic E-state index is -0.958. The number of carboxylic acid groups (broad SMARTS) is 1. The molecule has 1 saturated carbocycles. The number of rotatable bonds is 8. The zero-order chi connectivity index (χ0) is 25.7. The van der Waals surface area contributed by atoms with Gasteiger partial charge in [0.25, 0.3) is 5.91 Å². The fourth-order valence-corrected chi connectivity index (χ4v) is 4.19. The lowest BCUT2D eigenvalue weighted by molar-refractivity contribution is -0.176. The van der Waals surface area contributed by atoms with E-state index in [0.717, 1.165) is 5.56 Å². The number of aryl methyl sites for hydroxylation is 1. The molecule has 1 aliphatic heterocycles. The number of carbonyl (C=O) groups is 2. The topological polar surface area (TPSA) is 144 Å². The van der Waals surface area contributed by atoms with Gasteiger partial charge in [0.15, 0.2) is 0 Å². The Kier molecular flexibility index (Phi) is 5.41. The van der Waals surface area contributed by atoms with E-state index in [-0.39, 0.29) is 37.5 Å². The molecule has 1 aromatic carbocycles. The maximum absolute atomic E-state index is 13.3. The van der Waals surface area contributed by atoms with Crippen LogP contribution in [-0.2, 0) is 9.53 Å². The van der Waals surface area contributed by atoms with Gasteiger partial charge in [0.2, 0.25) is 11.7 Å². The van der Waals surface area contributed by atoms with Crippen molar-refractivity contribution in [3.8, 4) is 11.4 Å². The molecule has 2 aliphatic rings. The minimum absolute atomic E-state index is 0.151. The molecule has 0 bridgehead atoms. The molecule has 1 amide bonds. The Morgan fingerprint density at radius 3 is 2.78 bits per heavy atom. The second-order valence-electron chi connectivity index (χ2n) is 9.53. The van der Waals surface area contributed by atoms with E-state index in [1.54, 1.807) is 28.9 Å². The third-order valence-corrected chi connectivity index (χ3v) is 6.82. The van der Waals surface area contributed by atoms with Crippen LogP contribution in [0.2, 0.25) is 0 Å². The molecule has 3 N–H and O–H groups in total. The first kappa shape index (κ1) is 23.1. The summed E-state index contributed by atoms with van der Waals surface area (Å²) < 4.78 is 25.2. The molecule has 190 valence electrons. The van der Waals surface area contributed by atoms with Crippen molar-refractivity contribution < 1.29 is 28.3 Å². The lowest BCUT2D eigenvalue weighted by atomic mass is 9.86. The molecular weight excluding hydrogens is 483 g/mol. The van der Waals surface area contributed by atoms with Crippen LogP contribution in [0.4, 0.5) is 15.8 Å². The van der Waals surface area contributed by atoms with Crippen LogP contribution in [0.15, 0.2) is 47.2 Å². The summed E-state index contributed by atoms with van der Waals surface area (Å²) in [6.07, 6.45) is 2.62. The Hall–Kier alpha value is -4.32. The fourth-order valence-electron chi connectivity index (χ4n) is 4.19. The Labute approximate surface area is 209 Å². The van der Waals surface area contributed by atoms with Gasteiger partial charge < -0.3 is 25.0 Å². The first-order valence-corrected chi connectivity index (χ1v) is 11.8. The van der Waals surface area contributed by atoms with Crippen molar-refractivity contribution in [2.24, 2.45) is 5.41 Å². The van der Waals surface area contributed by atoms with Crippen molar-refractivity contribution in [3.63, 3.8) is 0 Å². The number of hydrogen-bond donors (Lipinski definition) is 3. The second kappa shape index (κ2) is 8.66. The van der Waals surface area contributed by atoms with Crippen molar-refractivity contribution >= 4 is 28.8 Å². The van der Waals surface area contributed by atoms with E-state index in [1.165, 1.54) is 6.20 Å². The summed E-state index contributed by atoms with van der Waals surface area (Å²) in [4.78, 5) is 29.1. The van der Waals surface area contributed by atoms with Gasteiger partial charge in [-0.25, -0.2) is 8.91 Å². The van der Waals surface area contributed by atoms with Gasteiger partial charge in [0, 0.05) is 29.7 Å². The highest BCUT2D eigenvalue weighted by Gasteiger charge is 2.46. The lowest BCUT2D eigenvalue weighted by Gasteiger charge is -2.37. The summed E-state index contributed by atoms with van der Waals surface area (Å²) in [5, 5.41) is 23.8. The number of anilines is 2. The molecule has 4 aromatic rings. The number of aromatic nitrogens is 4. The highest BCUT2D eigenvalue weighted by molar-refractivity contribution is 6.09. The molecule has 11 nitrogen and oxygen atoms in total. The first-order valence-electron chi connectivity index (χ1n) is 11.8. The third kappa shape index (κ3) is 4.18. The standard InChI is InChI=1S/C25H23FN6O5/c1-13-2-3-14(21-30-23(37-31-21)16-8-18(16)26)6-19(13)29-22(33)17-9-28-32-5-4-15(7-20(17)32)27-10-25(24(34)35)11-36-12-25/h2-7,9,16,18,27H,8,10-12H2,1H3,(H,29,33)(H,34,35)/t16-,18-/m0/s1. The average molecular weight is 506 g/mol. The molecule has 3 aromatic heterocycles. The van der Waals surface area contributed by atoms with Crippen LogP contribution < -0.4 is 10.6 Å². The van der Waals surface area contributed by atoms with Crippen molar-refractivity contribution in [1.82, 2.24) is 19.8 Å². The quantitative estimate of drug-likeness (QED) is 0.328. The van der Waals surface area contributed by atoms with Crippen LogP contribution in [-0.4, -0.2) is 62.7 Å². The fraction of sp³-hybridized carbons (Fsp3) is 0.320. The van der Waals surface area contributed by atoms with Crippen molar-refractivity contribution in [3.05, 3.63) is 59.7 Å². The number of benzene rings is 1. The van der Waals surface area contributed by atoms with Crippen LogP contribution >= 0.6 is 0 Å². The van der Waals surface area contributed by atoms with Crippen molar-refractivity contribution in [2.45, 2.75) is 25.4 Å². The van der Waals surface area contributed by atoms with Crippen molar-refractivity contribution in [1.29, 1.82) is 0 Å². The SMILES string of the molecule is Cc1ccc(-c2noc([C@H]3C[C@@H]3F)n2)cc1NC(=O)c1cnn2ccc(NCC3(C(=O)O)COC3)cc12. The summed E-state index contributed by atoms with van der Waals surface area (Å²) in [6.45, 7) is 2.36. The molecule has 2 fully saturated rings.